The van der Waals surface area contributed by atoms with E-state index in [1.165, 1.54) is 97.7 Å². The van der Waals surface area contributed by atoms with Gasteiger partial charge in [0.1, 0.15) is 11.6 Å². The van der Waals surface area contributed by atoms with Crippen molar-refractivity contribution >= 4 is 58.5 Å². The number of nitrogens with one attached hydrogen (secondary N) is 4. The standard InChI is InChI=1S/C27H39N3O.C26H32F3N3O.C24H31ClFN3O.C24H26F7N3O/c1-4-9-22(3)29-19-17-26(18-20-29)30(21-24-11-7-6-8-12-24)27(31)28-25-15-13-23(10-5-2)14-16-25;27-26(28,29)22-11-6-12-23(17-22)30-25(33)32(19-21-7-2-1-3-8-21)24-13-15-31(16-14-24)18-20-9-4-5-10-20;1-3-7-18(2)28-12-10-23(11-13-28)29(17-19-8-5-4-6-9-19)24(30)27-22-15-20(25)14-21(26)16-22;1-2-8-33-9-6-21(7-10-33)34(15-16-11-18(24(29,30)31)13-19(25)12-16)22(35)32-20-5-3-4-17(14-20)23(26,27)28/h6-8,11-16,22,26H,4-5,9-10,17-21H2,1-3H3,(H,28,31);1-3,6-8,11-12,17,20,24H,4-5,9-10,13-16,18-19H2,(H,30,33);4-6,8-9,14-16,18,23H,3,7,10-13,17H2,1-2H3,(H,27,30);3-5,11-14,21H,2,6-10,15H2,1H3,(H,32,35). The second-order valence-corrected chi connectivity index (χ2v) is 35.3. The van der Waals surface area contributed by atoms with E-state index in [1.807, 2.05) is 103 Å². The SMILES string of the molecule is CCCC(C)N1CCC(N(Cc2ccccc2)C(=O)Nc2cc(F)cc(Cl)c2)CC1.CCCN1CCC(N(Cc2cc(F)cc(C(F)(F)F)c2)C(=O)Nc2cccc(C(F)(F)F)c2)CC1.CCCc1ccc(NC(=O)N(Cc2ccccc2)C2CCN(C(C)CCC)CC2)cc1.O=C(Nc1cccc(C(F)(F)F)c1)N(Cc1ccccc1)C1CCN(CC2CCCC2)CC1. The average molecular weight is 1820 g/mol. The lowest BCUT2D eigenvalue weighted by Crippen LogP contribution is -2.50. The van der Waals surface area contributed by atoms with Crippen molar-refractivity contribution in [3.8, 4) is 0 Å². The number of amides is 8. The first-order valence-corrected chi connectivity index (χ1v) is 46.3. The Kier molecular flexibility index (Phi) is 39.3. The zero-order chi connectivity index (χ0) is 92.6. The molecule has 0 spiro atoms. The highest BCUT2D eigenvalue weighted by molar-refractivity contribution is 6.31. The van der Waals surface area contributed by atoms with Crippen LogP contribution in [-0.4, -0.2) is 165 Å². The smallest absolute Gasteiger partial charge is 0.317 e. The summed E-state index contributed by atoms with van der Waals surface area (Å²) in [6.45, 7) is 23.9. The van der Waals surface area contributed by atoms with Crippen LogP contribution in [-0.2, 0) is 51.1 Å². The normalized spacial score (nSPS) is 16.6. The number of aryl methyl sites for hydroxylation is 1. The van der Waals surface area contributed by atoms with E-state index in [0.29, 0.717) is 69.4 Å². The lowest BCUT2D eigenvalue weighted by atomic mass is 10.00. The van der Waals surface area contributed by atoms with Crippen molar-refractivity contribution in [2.75, 3.05) is 86.7 Å². The predicted molar refractivity (Wildman–Crippen MR) is 493 cm³/mol. The minimum Gasteiger partial charge on any atom is -0.317 e. The van der Waals surface area contributed by atoms with Crippen LogP contribution in [0.25, 0.3) is 0 Å². The molecule has 2 unspecified atom stereocenters. The van der Waals surface area contributed by atoms with Crippen LogP contribution in [0, 0.1) is 17.6 Å². The van der Waals surface area contributed by atoms with Crippen LogP contribution in [0.3, 0.4) is 0 Å². The average Bonchev–Trinajstić information content (AvgIpc) is 1.11. The van der Waals surface area contributed by atoms with Crippen LogP contribution >= 0.6 is 11.6 Å². The summed E-state index contributed by atoms with van der Waals surface area (Å²) in [5.41, 5.74) is 2.92. The first-order chi connectivity index (χ1) is 61.8. The van der Waals surface area contributed by atoms with Gasteiger partial charge in [0.05, 0.1) is 16.7 Å². The number of urea groups is 4. The Morgan fingerprint density at radius 2 is 0.736 bits per heavy atom. The van der Waals surface area contributed by atoms with E-state index in [2.05, 4.69) is 105 Å². The molecule has 5 fully saturated rings. The maximum absolute atomic E-state index is 14.0. The van der Waals surface area contributed by atoms with Crippen molar-refractivity contribution in [2.45, 2.75) is 244 Å². The number of alkyl halides is 9. The number of carbonyl (C=O) groups is 4. The molecule has 4 N–H and O–H groups in total. The van der Waals surface area contributed by atoms with Gasteiger partial charge in [0, 0.05) is 149 Å². The number of nitrogens with zero attached hydrogens (tertiary/aromatic N) is 8. The summed E-state index contributed by atoms with van der Waals surface area (Å²) in [6.07, 6.45) is 6.18. The maximum atomic E-state index is 14.0. The quantitative estimate of drug-likeness (QED) is 0.0355. The van der Waals surface area contributed by atoms with Crippen LogP contribution in [0.4, 0.5) is 90.2 Å². The number of piperidine rings is 4. The van der Waals surface area contributed by atoms with Crippen molar-refractivity contribution in [2.24, 2.45) is 5.92 Å². The Morgan fingerprint density at radius 3 is 1.12 bits per heavy atom. The van der Waals surface area contributed by atoms with Gasteiger partial charge in [0.25, 0.3) is 0 Å². The van der Waals surface area contributed by atoms with Crippen LogP contribution in [0.5, 0.6) is 0 Å². The second kappa shape index (κ2) is 50.0. The molecule has 8 aromatic rings. The molecular formula is C101H128ClF11N12O4. The first kappa shape index (κ1) is 101. The highest BCUT2D eigenvalue weighted by Crippen LogP contribution is 2.37. The molecule has 4 heterocycles. The van der Waals surface area contributed by atoms with Gasteiger partial charge in [-0.1, -0.05) is 187 Å². The third-order valence-corrected chi connectivity index (χ3v) is 25.3. The van der Waals surface area contributed by atoms with Gasteiger partial charge in [0.2, 0.25) is 0 Å². The lowest BCUT2D eigenvalue weighted by molar-refractivity contribution is -0.138. The zero-order valence-electron chi connectivity index (χ0n) is 75.2. The number of hydrogen-bond acceptors (Lipinski definition) is 8. The van der Waals surface area contributed by atoms with E-state index in [1.54, 1.807) is 11.0 Å². The fourth-order valence-electron chi connectivity index (χ4n) is 18.1. The molecule has 0 radical (unpaired) electrons. The van der Waals surface area contributed by atoms with Gasteiger partial charge >= 0.3 is 42.7 Å². The third-order valence-electron chi connectivity index (χ3n) is 25.1. The van der Waals surface area contributed by atoms with E-state index in [4.69, 9.17) is 11.6 Å². The molecule has 5 aliphatic rings. The molecule has 28 heteroatoms. The van der Waals surface area contributed by atoms with Crippen LogP contribution in [0.2, 0.25) is 5.02 Å². The van der Waals surface area contributed by atoms with Gasteiger partial charge in [-0.05, 0) is 229 Å². The Balaban J connectivity index is 0.000000179. The highest BCUT2D eigenvalue weighted by atomic mass is 35.5. The molecule has 129 heavy (non-hydrogen) atoms. The highest BCUT2D eigenvalue weighted by Gasteiger charge is 2.38. The number of rotatable bonds is 28. The van der Waals surface area contributed by atoms with Gasteiger partial charge in [-0.25, -0.2) is 28.0 Å². The van der Waals surface area contributed by atoms with Gasteiger partial charge in [-0.15, -0.1) is 0 Å². The summed E-state index contributed by atoms with van der Waals surface area (Å²) in [7, 11) is 0. The summed E-state index contributed by atoms with van der Waals surface area (Å²) in [5, 5.41) is 11.4. The molecule has 0 bridgehead atoms. The number of likely N-dealkylation sites (tertiary alicyclic amines) is 4. The Hall–Kier alpha value is -9.80. The van der Waals surface area contributed by atoms with E-state index < -0.39 is 52.9 Å². The van der Waals surface area contributed by atoms with Crippen LogP contribution in [0.15, 0.2) is 200 Å². The van der Waals surface area contributed by atoms with Gasteiger partial charge in [-0.3, -0.25) is 0 Å². The second-order valence-electron chi connectivity index (χ2n) is 34.9. The number of hydrogen-bond donors (Lipinski definition) is 4. The lowest BCUT2D eigenvalue weighted by Gasteiger charge is -2.40. The molecule has 8 aromatic carbocycles. The molecule has 700 valence electrons. The minimum absolute atomic E-state index is 0.00662. The minimum atomic E-state index is -4.77. The van der Waals surface area contributed by atoms with Crippen molar-refractivity contribution in [3.63, 3.8) is 0 Å². The largest absolute Gasteiger partial charge is 0.416 e. The summed E-state index contributed by atoms with van der Waals surface area (Å²) < 4.78 is 146. The van der Waals surface area contributed by atoms with Crippen molar-refractivity contribution in [1.82, 2.24) is 39.2 Å². The molecule has 16 nitrogen and oxygen atoms in total. The van der Waals surface area contributed by atoms with E-state index in [-0.39, 0.29) is 70.8 Å². The third kappa shape index (κ3) is 32.6. The predicted octanol–water partition coefficient (Wildman–Crippen LogP) is 25.7. The molecule has 0 aromatic heterocycles. The Morgan fingerprint density at radius 1 is 0.364 bits per heavy atom. The molecule has 13 rings (SSSR count). The summed E-state index contributed by atoms with van der Waals surface area (Å²) in [4.78, 5) is 69.8. The van der Waals surface area contributed by atoms with E-state index in [0.717, 1.165) is 175 Å². The van der Waals surface area contributed by atoms with Crippen molar-refractivity contribution in [3.05, 3.63) is 261 Å². The number of anilines is 4. The van der Waals surface area contributed by atoms with E-state index in [9.17, 15) is 67.5 Å². The fourth-order valence-corrected chi connectivity index (χ4v) is 18.3. The molecule has 1 saturated carbocycles. The summed E-state index contributed by atoms with van der Waals surface area (Å²) in [5.74, 6) is -0.761. The summed E-state index contributed by atoms with van der Waals surface area (Å²) in [6, 6.07) is 53.4. The van der Waals surface area contributed by atoms with Crippen molar-refractivity contribution < 1.29 is 67.5 Å². The monoisotopic (exact) mass is 1820 g/mol. The van der Waals surface area contributed by atoms with Crippen LogP contribution in [0.1, 0.15) is 202 Å². The number of halogens is 12. The maximum Gasteiger partial charge on any atom is 0.416 e. The Bertz CT molecular complexity index is 4690. The molecule has 4 saturated heterocycles. The number of benzene rings is 8. The molecule has 8 amide bonds. The van der Waals surface area contributed by atoms with Crippen LogP contribution < -0.4 is 21.3 Å². The van der Waals surface area contributed by atoms with Gasteiger partial charge in [-0.2, -0.15) is 39.5 Å². The Labute approximate surface area is 759 Å². The summed E-state index contributed by atoms with van der Waals surface area (Å²) >= 11 is 5.95. The molecule has 2 atom stereocenters. The zero-order valence-corrected chi connectivity index (χ0v) is 75.9. The fraction of sp³-hybridized carbons (Fsp3) is 0.485. The van der Waals surface area contributed by atoms with Gasteiger partial charge in [0.15, 0.2) is 0 Å². The number of carbonyl (C=O) groups excluding carboxylic acids is 4. The topological polar surface area (TPSA) is 142 Å². The molecular weight excluding hydrogens is 1690 g/mol. The van der Waals surface area contributed by atoms with E-state index >= 15 is 0 Å². The molecule has 1 aliphatic carbocycles. The van der Waals surface area contributed by atoms with Crippen molar-refractivity contribution in [1.29, 1.82) is 0 Å². The molecule has 4 aliphatic heterocycles. The first-order valence-electron chi connectivity index (χ1n) is 45.9. The van der Waals surface area contributed by atoms with Gasteiger partial charge < -0.3 is 60.5 Å².